The molecule has 43 heavy (non-hydrogen) atoms. The Labute approximate surface area is 238 Å². The Bertz CT molecular complexity index is 1780. The van der Waals surface area contributed by atoms with Gasteiger partial charge in [-0.1, -0.05) is 0 Å². The van der Waals surface area contributed by atoms with Crippen molar-refractivity contribution < 1.29 is 30.7 Å². The van der Waals surface area contributed by atoms with Crippen molar-refractivity contribution >= 4 is 22.3 Å². The first-order valence-corrected chi connectivity index (χ1v) is 13.2. The van der Waals surface area contributed by atoms with Crippen LogP contribution in [0.4, 0.5) is 42.2 Å². The van der Waals surface area contributed by atoms with Crippen molar-refractivity contribution in [2.45, 2.75) is 51.1 Å². The van der Waals surface area contributed by atoms with Crippen molar-refractivity contribution in [3.8, 4) is 11.4 Å². The molecule has 1 atom stereocenters. The van der Waals surface area contributed by atoms with Gasteiger partial charge in [-0.2, -0.15) is 31.4 Å². The zero-order valence-electron chi connectivity index (χ0n) is 22.5. The number of aromatic amines is 1. The van der Waals surface area contributed by atoms with Crippen molar-refractivity contribution in [3.63, 3.8) is 0 Å². The molecule has 0 aliphatic carbocycles. The number of hydrogen-bond acceptors (Lipinski definition) is 7. The van der Waals surface area contributed by atoms with Gasteiger partial charge in [-0.05, 0) is 49.8 Å². The predicted molar refractivity (Wildman–Crippen MR) is 143 cm³/mol. The smallest absolute Gasteiger partial charge is 0.381 e. The van der Waals surface area contributed by atoms with Crippen molar-refractivity contribution in [2.75, 3.05) is 23.3 Å². The average Bonchev–Trinajstić information content (AvgIpc) is 2.87. The molecule has 9 nitrogen and oxygen atoms in total. The molecule has 1 aliphatic rings. The second-order valence-electron chi connectivity index (χ2n) is 10.2. The predicted octanol–water partition coefficient (Wildman–Crippen LogP) is 5.21. The van der Waals surface area contributed by atoms with Crippen LogP contribution >= 0.6 is 0 Å². The number of rotatable bonds is 8. The Kier molecular flexibility index (Phi) is 7.88. The van der Waals surface area contributed by atoms with Gasteiger partial charge >= 0.3 is 12.4 Å². The fourth-order valence-corrected chi connectivity index (χ4v) is 4.82. The first-order chi connectivity index (χ1) is 20.2. The summed E-state index contributed by atoms with van der Waals surface area (Å²) >= 11 is 0. The third kappa shape index (κ3) is 6.17. The first-order valence-electron chi connectivity index (χ1n) is 13.2. The number of fused-ring (bicyclic) bond motifs is 1. The minimum Gasteiger partial charge on any atom is -0.381 e. The number of hydrogen-bond donors (Lipinski definition) is 2. The second-order valence-corrected chi connectivity index (χ2v) is 10.2. The van der Waals surface area contributed by atoms with Crippen LogP contribution in [0.25, 0.3) is 22.2 Å². The highest BCUT2D eigenvalue weighted by Gasteiger charge is 2.39. The molecule has 4 aromatic rings. The molecule has 1 fully saturated rings. The van der Waals surface area contributed by atoms with Crippen molar-refractivity contribution in [1.82, 2.24) is 24.7 Å². The van der Waals surface area contributed by atoms with E-state index in [0.29, 0.717) is 43.9 Å². The number of H-pyrrole nitrogens is 1. The third-order valence-corrected chi connectivity index (χ3v) is 7.11. The maximum atomic E-state index is 15.2. The summed E-state index contributed by atoms with van der Waals surface area (Å²) in [6.07, 6.45) is -5.25. The number of nitrogens with zero attached hydrogens (tertiary/aromatic N) is 5. The molecule has 1 aliphatic heterocycles. The SMILES string of the molecule is C[C@@H](CCCn1ccc2cc(-c3ncc(C(F)(F)F)c(N4CCC4)n3)c(F)cc2c1=O)Nc1cn[nH]c(=O)c1C(F)(F)F. The molecule has 0 saturated carbocycles. The highest BCUT2D eigenvalue weighted by atomic mass is 19.4. The Hall–Kier alpha value is -4.50. The van der Waals surface area contributed by atoms with Crippen LogP contribution in [-0.2, 0) is 18.9 Å². The largest absolute Gasteiger partial charge is 0.423 e. The lowest BCUT2D eigenvalue weighted by molar-refractivity contribution is -0.138. The van der Waals surface area contributed by atoms with Gasteiger partial charge in [0.05, 0.1) is 22.8 Å². The number of benzene rings is 1. The van der Waals surface area contributed by atoms with Crippen LogP contribution in [0.5, 0.6) is 0 Å². The fraction of sp³-hybridized carbons (Fsp3) is 0.370. The van der Waals surface area contributed by atoms with E-state index in [9.17, 15) is 35.9 Å². The van der Waals surface area contributed by atoms with E-state index in [-0.39, 0.29) is 29.1 Å². The number of alkyl halides is 6. The number of aromatic nitrogens is 5. The van der Waals surface area contributed by atoms with E-state index < -0.39 is 52.1 Å². The van der Waals surface area contributed by atoms with Gasteiger partial charge in [-0.15, -0.1) is 0 Å². The monoisotopic (exact) mass is 611 g/mol. The molecule has 1 aromatic carbocycles. The lowest BCUT2D eigenvalue weighted by atomic mass is 10.1. The molecule has 228 valence electrons. The van der Waals surface area contributed by atoms with Gasteiger partial charge in [-0.25, -0.2) is 19.5 Å². The third-order valence-electron chi connectivity index (χ3n) is 7.11. The van der Waals surface area contributed by atoms with Crippen LogP contribution in [0.15, 0.2) is 46.4 Å². The van der Waals surface area contributed by atoms with E-state index >= 15 is 4.39 Å². The van der Waals surface area contributed by atoms with E-state index in [1.54, 1.807) is 18.1 Å². The molecule has 0 amide bonds. The van der Waals surface area contributed by atoms with E-state index in [2.05, 4.69) is 20.4 Å². The van der Waals surface area contributed by atoms with Crippen LogP contribution < -0.4 is 21.3 Å². The Balaban J connectivity index is 1.33. The van der Waals surface area contributed by atoms with Gasteiger partial charge in [0, 0.05) is 38.1 Å². The van der Waals surface area contributed by atoms with Gasteiger partial charge < -0.3 is 14.8 Å². The Morgan fingerprint density at radius 2 is 1.81 bits per heavy atom. The zero-order chi connectivity index (χ0) is 31.1. The molecule has 4 heterocycles. The minimum absolute atomic E-state index is 0.0224. The van der Waals surface area contributed by atoms with Crippen LogP contribution in [-0.4, -0.2) is 43.9 Å². The quantitative estimate of drug-likeness (QED) is 0.264. The van der Waals surface area contributed by atoms with Crippen molar-refractivity contribution in [1.29, 1.82) is 0 Å². The standard InChI is InChI=1S/C27H24F7N7O2/c1-14(37-20-13-36-39-24(42)21(20)27(32,33)34)4-2-6-41-9-5-15-10-17(19(28)11-16(15)25(41)43)22-35-12-18(26(29,30)31)23(38-22)40-7-3-8-40/h5,9-14H,2-4,6-8H2,1H3,(H2,37,39,42)/t14-/m0/s1. The summed E-state index contributed by atoms with van der Waals surface area (Å²) in [7, 11) is 0. The summed E-state index contributed by atoms with van der Waals surface area (Å²) in [6, 6.07) is 3.31. The summed E-state index contributed by atoms with van der Waals surface area (Å²) < 4.78 is 96.9. The lowest BCUT2D eigenvalue weighted by Gasteiger charge is -2.33. The average molecular weight is 612 g/mol. The molecular formula is C27H24F7N7O2. The summed E-state index contributed by atoms with van der Waals surface area (Å²) in [5.74, 6) is -1.46. The normalized spacial score (nSPS) is 14.6. The van der Waals surface area contributed by atoms with E-state index in [4.69, 9.17) is 0 Å². The van der Waals surface area contributed by atoms with Gasteiger partial charge in [0.25, 0.3) is 11.1 Å². The van der Waals surface area contributed by atoms with E-state index in [1.165, 1.54) is 21.7 Å². The number of anilines is 2. The topological polar surface area (TPSA) is 109 Å². The second kappa shape index (κ2) is 11.3. The van der Waals surface area contributed by atoms with Crippen LogP contribution in [0.3, 0.4) is 0 Å². The number of pyridine rings is 1. The van der Waals surface area contributed by atoms with Gasteiger partial charge in [0.2, 0.25) is 0 Å². The molecule has 5 rings (SSSR count). The summed E-state index contributed by atoms with van der Waals surface area (Å²) in [5, 5.41) is 8.15. The van der Waals surface area contributed by atoms with Gasteiger partial charge in [-0.3, -0.25) is 9.59 Å². The van der Waals surface area contributed by atoms with E-state index in [1.807, 2.05) is 0 Å². The number of halogens is 7. The molecule has 0 radical (unpaired) electrons. The molecule has 1 saturated heterocycles. The summed E-state index contributed by atoms with van der Waals surface area (Å²) in [5.41, 5.74) is -4.93. The summed E-state index contributed by atoms with van der Waals surface area (Å²) in [4.78, 5) is 34.0. The molecule has 16 heteroatoms. The van der Waals surface area contributed by atoms with Crippen LogP contribution in [0.2, 0.25) is 0 Å². The first kappa shape index (κ1) is 30.0. The van der Waals surface area contributed by atoms with Crippen molar-refractivity contribution in [2.24, 2.45) is 0 Å². The van der Waals surface area contributed by atoms with Gasteiger partial charge in [0.15, 0.2) is 5.82 Å². The highest BCUT2D eigenvalue weighted by molar-refractivity contribution is 5.86. The molecule has 0 bridgehead atoms. The van der Waals surface area contributed by atoms with Gasteiger partial charge in [0.1, 0.15) is 22.8 Å². The molecule has 3 aromatic heterocycles. The Morgan fingerprint density at radius 3 is 2.47 bits per heavy atom. The van der Waals surface area contributed by atoms with E-state index in [0.717, 1.165) is 12.3 Å². The molecular weight excluding hydrogens is 587 g/mol. The van der Waals surface area contributed by atoms with Crippen LogP contribution in [0.1, 0.15) is 37.3 Å². The molecule has 2 N–H and O–H groups in total. The highest BCUT2D eigenvalue weighted by Crippen LogP contribution is 2.38. The summed E-state index contributed by atoms with van der Waals surface area (Å²) in [6.45, 7) is 2.53. The molecule has 0 spiro atoms. The number of nitrogens with one attached hydrogen (secondary N) is 2. The maximum absolute atomic E-state index is 15.2. The Morgan fingerprint density at radius 1 is 1.07 bits per heavy atom. The minimum atomic E-state index is -4.89. The molecule has 0 unspecified atom stereocenters. The maximum Gasteiger partial charge on any atom is 0.423 e. The number of aryl methyl sites for hydroxylation is 1. The lowest BCUT2D eigenvalue weighted by Crippen LogP contribution is -2.39. The van der Waals surface area contributed by atoms with Crippen molar-refractivity contribution in [3.05, 3.63) is 74.4 Å². The zero-order valence-corrected chi connectivity index (χ0v) is 22.5. The van der Waals surface area contributed by atoms with Crippen LogP contribution in [0, 0.1) is 5.82 Å². The fourth-order valence-electron chi connectivity index (χ4n) is 4.82.